The van der Waals surface area contributed by atoms with Gasteiger partial charge in [-0.15, -0.1) is 0 Å². The number of ketones is 1. The second-order valence-corrected chi connectivity index (χ2v) is 8.55. The molecule has 0 saturated heterocycles. The van der Waals surface area contributed by atoms with E-state index in [4.69, 9.17) is 10.5 Å². The molecule has 7 heteroatoms. The zero-order valence-corrected chi connectivity index (χ0v) is 18.5. The average molecular weight is 393 g/mol. The fourth-order valence-corrected chi connectivity index (χ4v) is 2.81. The van der Waals surface area contributed by atoms with Gasteiger partial charge in [0.1, 0.15) is 6.73 Å². The van der Waals surface area contributed by atoms with Gasteiger partial charge in [0.25, 0.3) is 0 Å². The smallest absolute Gasteiger partial charge is 0.240 e. The second kappa shape index (κ2) is 9.98. The van der Waals surface area contributed by atoms with Crippen molar-refractivity contribution in [2.45, 2.75) is 67.3 Å². The monoisotopic (exact) mass is 392 g/mol. The van der Waals surface area contributed by atoms with Gasteiger partial charge in [-0.1, -0.05) is 40.7 Å². The molecule has 0 spiro atoms. The summed E-state index contributed by atoms with van der Waals surface area (Å²) in [5.41, 5.74) is 6.35. The maximum atomic E-state index is 12.9. The Bertz CT molecular complexity index is 701. The van der Waals surface area contributed by atoms with E-state index in [1.807, 2.05) is 47.6 Å². The van der Waals surface area contributed by atoms with E-state index >= 15 is 0 Å². The van der Waals surface area contributed by atoms with Crippen molar-refractivity contribution in [3.63, 3.8) is 0 Å². The van der Waals surface area contributed by atoms with Crippen molar-refractivity contribution in [3.05, 3.63) is 29.9 Å². The van der Waals surface area contributed by atoms with E-state index in [0.29, 0.717) is 18.0 Å². The molecule has 0 unspecified atom stereocenters. The van der Waals surface area contributed by atoms with Crippen LogP contribution in [0.1, 0.15) is 59.1 Å². The molecule has 0 fully saturated rings. The van der Waals surface area contributed by atoms with E-state index in [2.05, 4.69) is 4.98 Å². The summed E-state index contributed by atoms with van der Waals surface area (Å²) in [4.78, 5) is 31.6. The number of Topliss-reactive ketones (excluding diaryl/α,β-unsaturated/α-hetero) is 1. The van der Waals surface area contributed by atoms with Crippen molar-refractivity contribution < 1.29 is 14.3 Å². The van der Waals surface area contributed by atoms with Gasteiger partial charge in [0.05, 0.1) is 12.1 Å². The van der Waals surface area contributed by atoms with Gasteiger partial charge in [-0.25, -0.2) is 4.98 Å². The van der Waals surface area contributed by atoms with Gasteiger partial charge in [0.15, 0.2) is 5.82 Å². The first kappa shape index (κ1) is 24.0. The molecule has 0 radical (unpaired) electrons. The Morgan fingerprint density at radius 2 is 1.96 bits per heavy atom. The highest BCUT2D eigenvalue weighted by atomic mass is 16.5. The standard InChI is InChI=1S/C21H36N4O3/c1-9-28-13-25-11-10-23-19(25)17(26)15(4)12-16(14(2)3)24(8)20(27)18(22)21(5,6)7/h10-12,14,16,18H,9,13,22H2,1-8H3/t16-,18-/m1/s1. The van der Waals surface area contributed by atoms with Gasteiger partial charge >= 0.3 is 0 Å². The summed E-state index contributed by atoms with van der Waals surface area (Å²) in [7, 11) is 1.74. The number of carbonyl (C=O) groups is 2. The minimum absolute atomic E-state index is 0.118. The SMILES string of the molecule is CCOCn1ccnc1C(=O)C(C)=C[C@H](C(C)C)N(C)C(=O)[C@@H](N)C(C)(C)C. The first-order chi connectivity index (χ1) is 12.9. The number of carbonyl (C=O) groups excluding carboxylic acids is 2. The molecule has 0 aliphatic rings. The summed E-state index contributed by atoms with van der Waals surface area (Å²) in [5.74, 6) is 0.119. The van der Waals surface area contributed by atoms with Crippen molar-refractivity contribution in [1.29, 1.82) is 0 Å². The molecule has 1 heterocycles. The minimum atomic E-state index is -0.617. The molecule has 2 atom stereocenters. The molecular formula is C21H36N4O3. The highest BCUT2D eigenvalue weighted by Crippen LogP contribution is 2.22. The quantitative estimate of drug-likeness (QED) is 0.515. The lowest BCUT2D eigenvalue weighted by Crippen LogP contribution is -2.52. The molecule has 1 amide bonds. The van der Waals surface area contributed by atoms with Crippen LogP contribution in [0.5, 0.6) is 0 Å². The van der Waals surface area contributed by atoms with Gasteiger partial charge in [0.2, 0.25) is 11.7 Å². The third-order valence-corrected chi connectivity index (χ3v) is 4.81. The van der Waals surface area contributed by atoms with Crippen LogP contribution in [-0.4, -0.2) is 51.9 Å². The third-order valence-electron chi connectivity index (χ3n) is 4.81. The highest BCUT2D eigenvalue weighted by Gasteiger charge is 2.33. The number of rotatable bonds is 9. The van der Waals surface area contributed by atoms with Gasteiger partial charge in [-0.2, -0.15) is 0 Å². The largest absolute Gasteiger partial charge is 0.361 e. The Morgan fingerprint density at radius 3 is 2.46 bits per heavy atom. The number of aromatic nitrogens is 2. The van der Waals surface area contributed by atoms with Crippen LogP contribution in [-0.2, 0) is 16.3 Å². The van der Waals surface area contributed by atoms with Crippen LogP contribution in [0.4, 0.5) is 0 Å². The maximum absolute atomic E-state index is 12.9. The molecule has 0 saturated carbocycles. The molecule has 1 aromatic heterocycles. The molecule has 7 nitrogen and oxygen atoms in total. The number of nitrogens with zero attached hydrogens (tertiary/aromatic N) is 3. The molecule has 0 aliphatic heterocycles. The molecule has 0 bridgehead atoms. The van der Waals surface area contributed by atoms with E-state index in [-0.39, 0.29) is 35.8 Å². The van der Waals surface area contributed by atoms with E-state index in [1.165, 1.54) is 0 Å². The molecule has 2 N–H and O–H groups in total. The van der Waals surface area contributed by atoms with Crippen LogP contribution < -0.4 is 5.73 Å². The minimum Gasteiger partial charge on any atom is -0.361 e. The van der Waals surface area contributed by atoms with Crippen LogP contribution in [0.3, 0.4) is 0 Å². The zero-order chi connectivity index (χ0) is 21.6. The molecule has 28 heavy (non-hydrogen) atoms. The molecule has 0 aliphatic carbocycles. The number of amides is 1. The molecule has 1 rings (SSSR count). The highest BCUT2D eigenvalue weighted by molar-refractivity contribution is 6.06. The lowest BCUT2D eigenvalue weighted by atomic mass is 9.86. The Labute approximate surface area is 168 Å². The summed E-state index contributed by atoms with van der Waals surface area (Å²) in [6.45, 7) is 14.3. The van der Waals surface area contributed by atoms with Crippen molar-refractivity contribution in [2.24, 2.45) is 17.1 Å². The van der Waals surface area contributed by atoms with Crippen LogP contribution in [0.15, 0.2) is 24.0 Å². The first-order valence-corrected chi connectivity index (χ1v) is 9.76. The van der Waals surface area contributed by atoms with E-state index in [9.17, 15) is 9.59 Å². The molecular weight excluding hydrogens is 356 g/mol. The van der Waals surface area contributed by atoms with Crippen molar-refractivity contribution >= 4 is 11.7 Å². The van der Waals surface area contributed by atoms with Crippen LogP contribution in [0.25, 0.3) is 0 Å². The Kier molecular flexibility index (Phi) is 8.57. The molecule has 0 aromatic carbocycles. The topological polar surface area (TPSA) is 90.5 Å². The lowest BCUT2D eigenvalue weighted by molar-refractivity contribution is -0.135. The number of nitrogens with two attached hydrogens (primary N) is 1. The lowest BCUT2D eigenvalue weighted by Gasteiger charge is -2.35. The first-order valence-electron chi connectivity index (χ1n) is 9.76. The summed E-state index contributed by atoms with van der Waals surface area (Å²) in [5, 5.41) is 0. The van der Waals surface area contributed by atoms with Crippen molar-refractivity contribution in [1.82, 2.24) is 14.5 Å². The zero-order valence-electron chi connectivity index (χ0n) is 18.5. The second-order valence-electron chi connectivity index (χ2n) is 8.55. The Morgan fingerprint density at radius 1 is 1.36 bits per heavy atom. The number of imidazole rings is 1. The normalized spacial score (nSPS) is 14.9. The molecule has 158 valence electrons. The summed E-state index contributed by atoms with van der Waals surface area (Å²) in [6, 6.07) is -0.867. The number of ether oxygens (including phenoxy) is 1. The van der Waals surface area contributed by atoms with E-state index in [0.717, 1.165) is 0 Å². The van der Waals surface area contributed by atoms with Crippen molar-refractivity contribution in [3.8, 4) is 0 Å². The Balaban J connectivity index is 3.09. The number of likely N-dealkylation sites (N-methyl/N-ethyl adjacent to an activating group) is 1. The number of hydrogen-bond donors (Lipinski definition) is 1. The van der Waals surface area contributed by atoms with Gasteiger partial charge in [-0.05, 0) is 30.8 Å². The fraction of sp³-hybridized carbons (Fsp3) is 0.667. The van der Waals surface area contributed by atoms with Gasteiger partial charge in [-0.3, -0.25) is 9.59 Å². The van der Waals surface area contributed by atoms with E-state index < -0.39 is 6.04 Å². The third kappa shape index (κ3) is 6.01. The predicted octanol–water partition coefficient (Wildman–Crippen LogP) is 2.86. The average Bonchev–Trinajstić information content (AvgIpc) is 3.08. The van der Waals surface area contributed by atoms with Crippen molar-refractivity contribution in [2.75, 3.05) is 13.7 Å². The number of hydrogen-bond acceptors (Lipinski definition) is 5. The van der Waals surface area contributed by atoms with Crippen LogP contribution in [0, 0.1) is 11.3 Å². The van der Waals surface area contributed by atoms with Gasteiger partial charge in [0, 0.05) is 26.0 Å². The fourth-order valence-electron chi connectivity index (χ4n) is 2.81. The summed E-state index contributed by atoms with van der Waals surface area (Å²) >= 11 is 0. The van der Waals surface area contributed by atoms with Crippen LogP contribution in [0.2, 0.25) is 0 Å². The maximum Gasteiger partial charge on any atom is 0.240 e. The summed E-state index contributed by atoms with van der Waals surface area (Å²) < 4.78 is 7.06. The Hall–Kier alpha value is -1.99. The van der Waals surface area contributed by atoms with E-state index in [1.54, 1.807) is 35.8 Å². The van der Waals surface area contributed by atoms with Gasteiger partial charge < -0.3 is 19.9 Å². The summed E-state index contributed by atoms with van der Waals surface area (Å²) in [6.07, 6.45) is 5.13. The number of allylic oxidation sites excluding steroid dienone is 1. The molecule has 1 aromatic rings. The predicted molar refractivity (Wildman–Crippen MR) is 111 cm³/mol. The van der Waals surface area contributed by atoms with Crippen LogP contribution >= 0.6 is 0 Å².